The average Bonchev–Trinajstić information content (AvgIpc) is 3.10. The predicted octanol–water partition coefficient (Wildman–Crippen LogP) is 4.62. The molecule has 3 aromatic rings. The van der Waals surface area contributed by atoms with E-state index in [1.807, 2.05) is 43.3 Å². The minimum absolute atomic E-state index is 0.129. The monoisotopic (exact) mass is 351 g/mol. The number of nitrogens with zero attached hydrogens (tertiary/aromatic N) is 1. The highest BCUT2D eigenvalue weighted by Gasteiger charge is 2.14. The Morgan fingerprint density at radius 2 is 1.92 bits per heavy atom. The van der Waals surface area contributed by atoms with E-state index in [2.05, 4.69) is 22.2 Å². The van der Waals surface area contributed by atoms with Crippen molar-refractivity contribution in [3.8, 4) is 5.75 Å². The van der Waals surface area contributed by atoms with Gasteiger partial charge in [0.25, 0.3) is 5.91 Å². The molecule has 0 unspecified atom stereocenters. The number of H-pyrrole nitrogens is 1. The Kier molecular flexibility index (Phi) is 5.89. The molecule has 2 aromatic carbocycles. The number of rotatable bonds is 8. The van der Waals surface area contributed by atoms with Crippen molar-refractivity contribution in [2.75, 3.05) is 6.61 Å². The van der Waals surface area contributed by atoms with E-state index in [9.17, 15) is 4.79 Å². The summed E-state index contributed by atoms with van der Waals surface area (Å²) in [6.07, 6.45) is 3.39. The number of aromatic amines is 1. The summed E-state index contributed by atoms with van der Waals surface area (Å²) in [6.45, 7) is 4.79. The van der Waals surface area contributed by atoms with Crippen LogP contribution >= 0.6 is 0 Å². The average molecular weight is 351 g/mol. The third-order valence-corrected chi connectivity index (χ3v) is 4.30. The second kappa shape index (κ2) is 8.52. The summed E-state index contributed by atoms with van der Waals surface area (Å²) >= 11 is 0. The Hall–Kier alpha value is -2.82. The van der Waals surface area contributed by atoms with E-state index in [0.717, 1.165) is 29.0 Å². The molecule has 0 aliphatic heterocycles. The summed E-state index contributed by atoms with van der Waals surface area (Å²) in [5.41, 5.74) is 2.47. The van der Waals surface area contributed by atoms with Gasteiger partial charge in [-0.1, -0.05) is 31.9 Å². The molecule has 0 fully saturated rings. The first-order valence-corrected chi connectivity index (χ1v) is 9.15. The number of para-hydroxylation sites is 2. The third kappa shape index (κ3) is 4.42. The molecule has 0 saturated carbocycles. The second-order valence-corrected chi connectivity index (χ2v) is 6.41. The molecular weight excluding hydrogens is 326 g/mol. The molecule has 0 aliphatic carbocycles. The fourth-order valence-electron chi connectivity index (χ4n) is 2.77. The van der Waals surface area contributed by atoms with Crippen LogP contribution < -0.4 is 10.1 Å². The van der Waals surface area contributed by atoms with Crippen LogP contribution in [0.4, 0.5) is 0 Å². The molecule has 1 heterocycles. The van der Waals surface area contributed by atoms with E-state index < -0.39 is 0 Å². The molecule has 1 aromatic heterocycles. The number of hydrogen-bond acceptors (Lipinski definition) is 3. The van der Waals surface area contributed by atoms with Crippen molar-refractivity contribution in [2.24, 2.45) is 0 Å². The van der Waals surface area contributed by atoms with Crippen molar-refractivity contribution in [3.05, 3.63) is 59.9 Å². The zero-order valence-corrected chi connectivity index (χ0v) is 15.3. The second-order valence-electron chi connectivity index (χ2n) is 6.41. The Bertz CT molecular complexity index is 822. The fraction of sp³-hybridized carbons (Fsp3) is 0.333. The Labute approximate surface area is 153 Å². The van der Waals surface area contributed by atoms with Gasteiger partial charge in [0.15, 0.2) is 0 Å². The normalized spacial score (nSPS) is 12.1. The van der Waals surface area contributed by atoms with E-state index in [0.29, 0.717) is 12.2 Å². The number of ether oxygens (including phenoxy) is 1. The summed E-state index contributed by atoms with van der Waals surface area (Å²) in [4.78, 5) is 20.2. The Morgan fingerprint density at radius 3 is 2.65 bits per heavy atom. The van der Waals surface area contributed by atoms with Gasteiger partial charge in [0.2, 0.25) is 0 Å². The lowest BCUT2D eigenvalue weighted by molar-refractivity contribution is 0.0938. The number of carbonyl (C=O) groups is 1. The third-order valence-electron chi connectivity index (χ3n) is 4.30. The molecule has 0 bridgehead atoms. The van der Waals surface area contributed by atoms with Crippen LogP contribution in [-0.2, 0) is 0 Å². The molecular formula is C21H25N3O2. The number of benzene rings is 2. The zero-order chi connectivity index (χ0) is 18.4. The van der Waals surface area contributed by atoms with Crippen LogP contribution in [0.25, 0.3) is 11.0 Å². The van der Waals surface area contributed by atoms with Gasteiger partial charge in [-0.2, -0.15) is 0 Å². The summed E-state index contributed by atoms with van der Waals surface area (Å²) in [5, 5.41) is 2.98. The van der Waals surface area contributed by atoms with Gasteiger partial charge in [0, 0.05) is 5.56 Å². The first-order chi connectivity index (χ1) is 12.7. The summed E-state index contributed by atoms with van der Waals surface area (Å²) in [7, 11) is 0. The van der Waals surface area contributed by atoms with E-state index in [1.165, 1.54) is 12.8 Å². The Balaban J connectivity index is 1.58. The summed E-state index contributed by atoms with van der Waals surface area (Å²) in [6, 6.07) is 14.9. The van der Waals surface area contributed by atoms with E-state index in [1.54, 1.807) is 12.1 Å². The van der Waals surface area contributed by atoms with Crippen molar-refractivity contribution < 1.29 is 9.53 Å². The Morgan fingerprint density at radius 1 is 1.15 bits per heavy atom. The largest absolute Gasteiger partial charge is 0.494 e. The molecule has 0 saturated heterocycles. The minimum atomic E-state index is -0.208. The molecule has 0 radical (unpaired) electrons. The number of amides is 1. The summed E-state index contributed by atoms with van der Waals surface area (Å²) in [5.74, 6) is 1.41. The number of fused-ring (bicyclic) bond motifs is 1. The number of hydrogen-bond donors (Lipinski definition) is 2. The van der Waals surface area contributed by atoms with Gasteiger partial charge in [-0.15, -0.1) is 0 Å². The molecule has 1 atom stereocenters. The molecule has 5 heteroatoms. The van der Waals surface area contributed by atoms with Crippen LogP contribution in [-0.4, -0.2) is 22.5 Å². The molecule has 5 nitrogen and oxygen atoms in total. The van der Waals surface area contributed by atoms with E-state index in [4.69, 9.17) is 4.74 Å². The van der Waals surface area contributed by atoms with Crippen molar-refractivity contribution in [1.82, 2.24) is 15.3 Å². The quantitative estimate of drug-likeness (QED) is 0.582. The number of carbonyl (C=O) groups excluding carboxylic acids is 1. The van der Waals surface area contributed by atoms with Gasteiger partial charge < -0.3 is 15.0 Å². The van der Waals surface area contributed by atoms with Crippen molar-refractivity contribution in [3.63, 3.8) is 0 Å². The highest BCUT2D eigenvalue weighted by Crippen LogP contribution is 2.17. The number of nitrogens with one attached hydrogen (secondary N) is 2. The van der Waals surface area contributed by atoms with Crippen LogP contribution in [0, 0.1) is 0 Å². The van der Waals surface area contributed by atoms with Gasteiger partial charge in [-0.05, 0) is 49.7 Å². The van der Waals surface area contributed by atoms with Crippen LogP contribution in [0.1, 0.15) is 55.3 Å². The van der Waals surface area contributed by atoms with Crippen LogP contribution in [0.2, 0.25) is 0 Å². The first-order valence-electron chi connectivity index (χ1n) is 9.15. The number of unbranched alkanes of at least 4 members (excludes halogenated alkanes) is 2. The van der Waals surface area contributed by atoms with Crippen LogP contribution in [0.15, 0.2) is 48.5 Å². The lowest BCUT2D eigenvalue weighted by Crippen LogP contribution is -2.27. The lowest BCUT2D eigenvalue weighted by Gasteiger charge is -2.12. The van der Waals surface area contributed by atoms with Crippen LogP contribution in [0.5, 0.6) is 5.75 Å². The molecule has 136 valence electrons. The van der Waals surface area contributed by atoms with Crippen molar-refractivity contribution in [1.29, 1.82) is 0 Å². The van der Waals surface area contributed by atoms with Crippen molar-refractivity contribution in [2.45, 2.75) is 39.2 Å². The number of aromatic nitrogens is 2. The van der Waals surface area contributed by atoms with Crippen molar-refractivity contribution >= 4 is 16.9 Å². The van der Waals surface area contributed by atoms with Gasteiger partial charge in [0.1, 0.15) is 11.6 Å². The highest BCUT2D eigenvalue weighted by atomic mass is 16.5. The molecule has 1 amide bonds. The standard InChI is InChI=1S/C21H25N3O2/c1-3-4-7-14-26-17-12-10-16(11-13-17)21(25)22-15(2)20-23-18-8-5-6-9-19(18)24-20/h5-6,8-13,15H,3-4,7,14H2,1-2H3,(H,22,25)(H,23,24)/t15-/m0/s1. The molecule has 3 rings (SSSR count). The topological polar surface area (TPSA) is 67.0 Å². The zero-order valence-electron chi connectivity index (χ0n) is 15.3. The van der Waals surface area contributed by atoms with E-state index >= 15 is 0 Å². The smallest absolute Gasteiger partial charge is 0.251 e. The molecule has 0 aliphatic rings. The van der Waals surface area contributed by atoms with Gasteiger partial charge in [-0.25, -0.2) is 4.98 Å². The molecule has 26 heavy (non-hydrogen) atoms. The van der Waals surface area contributed by atoms with Crippen LogP contribution in [0.3, 0.4) is 0 Å². The fourth-order valence-corrected chi connectivity index (χ4v) is 2.77. The SMILES string of the molecule is CCCCCOc1ccc(C(=O)N[C@@H](C)c2nc3ccccc3[nH]2)cc1. The minimum Gasteiger partial charge on any atom is -0.494 e. The maximum Gasteiger partial charge on any atom is 0.251 e. The molecule has 0 spiro atoms. The van der Waals surface area contributed by atoms with Gasteiger partial charge >= 0.3 is 0 Å². The van der Waals surface area contributed by atoms with Gasteiger partial charge in [-0.3, -0.25) is 4.79 Å². The predicted molar refractivity (Wildman–Crippen MR) is 103 cm³/mol. The highest BCUT2D eigenvalue weighted by molar-refractivity contribution is 5.94. The maximum absolute atomic E-state index is 12.5. The molecule has 2 N–H and O–H groups in total. The lowest BCUT2D eigenvalue weighted by atomic mass is 10.2. The maximum atomic E-state index is 12.5. The van der Waals surface area contributed by atoms with Gasteiger partial charge in [0.05, 0.1) is 23.7 Å². The summed E-state index contributed by atoms with van der Waals surface area (Å²) < 4.78 is 5.68. The first kappa shape index (κ1) is 18.0. The number of imidazole rings is 1. The van der Waals surface area contributed by atoms with E-state index in [-0.39, 0.29) is 11.9 Å².